The van der Waals surface area contributed by atoms with Gasteiger partial charge in [-0.25, -0.2) is 0 Å². The van der Waals surface area contributed by atoms with Crippen molar-refractivity contribution in [1.82, 2.24) is 0 Å². The zero-order valence-corrected chi connectivity index (χ0v) is 10.1. The van der Waals surface area contributed by atoms with Crippen LogP contribution < -0.4 is 0 Å². The fourth-order valence-electron chi connectivity index (χ4n) is 1.28. The van der Waals surface area contributed by atoms with E-state index in [2.05, 4.69) is 20.8 Å². The van der Waals surface area contributed by atoms with Gasteiger partial charge in [0.25, 0.3) is 0 Å². The van der Waals surface area contributed by atoms with Crippen LogP contribution in [-0.2, 0) is 17.1 Å². The van der Waals surface area contributed by atoms with Gasteiger partial charge in [0.15, 0.2) is 0 Å². The molecule has 0 aromatic carbocycles. The fourth-order valence-corrected chi connectivity index (χ4v) is 3.85. The third-order valence-corrected chi connectivity index (χ3v) is 4.86. The van der Waals surface area contributed by atoms with Crippen molar-refractivity contribution in [2.75, 3.05) is 18.5 Å². The van der Waals surface area contributed by atoms with Crippen molar-refractivity contribution < 1.29 is 17.1 Å². The van der Waals surface area contributed by atoms with Crippen LogP contribution in [0.5, 0.6) is 0 Å². The molecule has 0 aromatic heterocycles. The topological polar surface area (TPSA) is 0 Å². The largest absolute Gasteiger partial charge is 0.107 e. The van der Waals surface area contributed by atoms with E-state index in [0.29, 0.717) is 7.92 Å². The Balaban J connectivity index is 0. The van der Waals surface area contributed by atoms with Gasteiger partial charge >= 0.3 is 0 Å². The third-order valence-electron chi connectivity index (χ3n) is 1.62. The van der Waals surface area contributed by atoms with Crippen LogP contribution in [-0.4, -0.2) is 18.5 Å². The van der Waals surface area contributed by atoms with Gasteiger partial charge in [-0.15, -0.1) is 7.92 Å². The van der Waals surface area contributed by atoms with Gasteiger partial charge in [0.05, 0.1) is 0 Å². The zero-order valence-electron chi connectivity index (χ0n) is 8.07. The van der Waals surface area contributed by atoms with Gasteiger partial charge in [0.1, 0.15) is 0 Å². The summed E-state index contributed by atoms with van der Waals surface area (Å²) in [5.41, 5.74) is 0. The first-order chi connectivity index (χ1) is 4.85. The fraction of sp³-hybridized carbons (Fsp3) is 1.00. The molecule has 0 fully saturated rings. The summed E-state index contributed by atoms with van der Waals surface area (Å²) < 4.78 is 0. The first kappa shape index (κ1) is 14.5. The molecule has 1 radical (unpaired) electrons. The summed E-state index contributed by atoms with van der Waals surface area (Å²) >= 11 is 0. The minimum absolute atomic E-state index is 0. The molecule has 0 atom stereocenters. The van der Waals surface area contributed by atoms with E-state index in [1.165, 1.54) is 37.7 Å². The maximum absolute atomic E-state index is 2.31. The first-order valence-corrected chi connectivity index (χ1v) is 6.47. The van der Waals surface area contributed by atoms with Gasteiger partial charge in [-0.1, -0.05) is 40.0 Å². The van der Waals surface area contributed by atoms with Crippen LogP contribution in [0.1, 0.15) is 40.0 Å². The summed E-state index contributed by atoms with van der Waals surface area (Å²) in [5, 5.41) is 0. The van der Waals surface area contributed by atoms with Crippen molar-refractivity contribution in [3.05, 3.63) is 0 Å². The molecule has 0 saturated carbocycles. The summed E-state index contributed by atoms with van der Waals surface area (Å²) in [4.78, 5) is 0. The number of hydrogen-bond acceptors (Lipinski definition) is 0. The monoisotopic (exact) mass is 215 g/mol. The van der Waals surface area contributed by atoms with Crippen LogP contribution in [0.2, 0.25) is 0 Å². The van der Waals surface area contributed by atoms with E-state index in [0.717, 1.165) is 0 Å². The van der Waals surface area contributed by atoms with Gasteiger partial charge in [0.2, 0.25) is 0 Å². The molecule has 0 saturated heterocycles. The van der Waals surface area contributed by atoms with Gasteiger partial charge in [0, 0.05) is 17.1 Å². The molecule has 0 amide bonds. The number of rotatable bonds is 6. The smallest absolute Gasteiger partial charge is 0 e. The standard InChI is InChI=1S/C9H21P.Mn/c1-4-7-10(8-5-2)9-6-3;/h4-9H2,1-3H3;. The summed E-state index contributed by atoms with van der Waals surface area (Å²) in [5.74, 6) is 0. The normalized spacial score (nSPS) is 9.82. The summed E-state index contributed by atoms with van der Waals surface area (Å²) in [6, 6.07) is 0. The molecule has 0 aliphatic rings. The van der Waals surface area contributed by atoms with Gasteiger partial charge in [-0.05, 0) is 18.5 Å². The quantitative estimate of drug-likeness (QED) is 0.468. The first-order valence-electron chi connectivity index (χ1n) is 4.57. The second kappa shape index (κ2) is 10.9. The molecule has 0 nitrogen and oxygen atoms in total. The molecule has 0 bridgehead atoms. The second-order valence-electron chi connectivity index (χ2n) is 2.84. The molecule has 0 aliphatic heterocycles. The van der Waals surface area contributed by atoms with E-state index in [1.807, 2.05) is 0 Å². The molecule has 0 unspecified atom stereocenters. The molecule has 0 aromatic rings. The Morgan fingerprint density at radius 2 is 1.00 bits per heavy atom. The predicted octanol–water partition coefficient (Wildman–Crippen LogP) is 3.70. The summed E-state index contributed by atoms with van der Waals surface area (Å²) in [7, 11) is 0.439. The predicted molar refractivity (Wildman–Crippen MR) is 52.4 cm³/mol. The van der Waals surface area contributed by atoms with Crippen molar-refractivity contribution in [3.63, 3.8) is 0 Å². The summed E-state index contributed by atoms with van der Waals surface area (Å²) in [6.45, 7) is 6.92. The van der Waals surface area contributed by atoms with Crippen LogP contribution >= 0.6 is 7.92 Å². The molecule has 69 valence electrons. The number of hydrogen-bond donors (Lipinski definition) is 0. The van der Waals surface area contributed by atoms with Crippen LogP contribution in [0, 0.1) is 0 Å². The van der Waals surface area contributed by atoms with Crippen molar-refractivity contribution in [3.8, 4) is 0 Å². The Kier molecular flexibility index (Phi) is 14.4. The minimum Gasteiger partial charge on any atom is -0.107 e. The molecule has 0 heterocycles. The molecule has 0 rings (SSSR count). The Labute approximate surface area is 83.8 Å². The molecule has 0 aliphatic carbocycles. The Morgan fingerprint density at radius 1 is 0.727 bits per heavy atom. The molecule has 2 heteroatoms. The van der Waals surface area contributed by atoms with Gasteiger partial charge in [-0.2, -0.15) is 0 Å². The van der Waals surface area contributed by atoms with Crippen molar-refractivity contribution in [2.24, 2.45) is 0 Å². The van der Waals surface area contributed by atoms with Crippen LogP contribution in [0.3, 0.4) is 0 Å². The molecular weight excluding hydrogens is 194 g/mol. The zero-order chi connectivity index (χ0) is 7.82. The van der Waals surface area contributed by atoms with Crippen molar-refractivity contribution in [2.45, 2.75) is 40.0 Å². The van der Waals surface area contributed by atoms with E-state index < -0.39 is 0 Å². The SMILES string of the molecule is CCCP(CCC)CCC.[Mn]. The average Bonchev–Trinajstić information content (AvgIpc) is 1.90. The van der Waals surface area contributed by atoms with Crippen LogP contribution in [0.4, 0.5) is 0 Å². The molecule has 11 heavy (non-hydrogen) atoms. The van der Waals surface area contributed by atoms with Gasteiger partial charge < -0.3 is 0 Å². The Hall–Kier alpha value is 0.949. The van der Waals surface area contributed by atoms with E-state index >= 15 is 0 Å². The van der Waals surface area contributed by atoms with Crippen LogP contribution in [0.25, 0.3) is 0 Å². The second-order valence-corrected chi connectivity index (χ2v) is 5.52. The molecule has 0 N–H and O–H groups in total. The van der Waals surface area contributed by atoms with Crippen LogP contribution in [0.15, 0.2) is 0 Å². The van der Waals surface area contributed by atoms with E-state index in [-0.39, 0.29) is 17.1 Å². The van der Waals surface area contributed by atoms with Gasteiger partial charge in [-0.3, -0.25) is 0 Å². The molecular formula is C9H21MnP. The average molecular weight is 215 g/mol. The van der Waals surface area contributed by atoms with Crippen molar-refractivity contribution in [1.29, 1.82) is 0 Å². The third kappa shape index (κ3) is 8.86. The Morgan fingerprint density at radius 3 is 1.18 bits per heavy atom. The maximum Gasteiger partial charge on any atom is 0 e. The van der Waals surface area contributed by atoms with E-state index in [4.69, 9.17) is 0 Å². The van der Waals surface area contributed by atoms with E-state index in [9.17, 15) is 0 Å². The summed E-state index contributed by atoms with van der Waals surface area (Å²) in [6.07, 6.45) is 8.72. The maximum atomic E-state index is 2.31. The van der Waals surface area contributed by atoms with E-state index in [1.54, 1.807) is 0 Å². The Bertz CT molecular complexity index is 52.3. The molecule has 0 spiro atoms. The van der Waals surface area contributed by atoms with Crippen molar-refractivity contribution >= 4 is 7.92 Å². The minimum atomic E-state index is 0.